The van der Waals surface area contributed by atoms with Crippen molar-refractivity contribution in [2.24, 2.45) is 0 Å². The Morgan fingerprint density at radius 1 is 0.857 bits per heavy atom. The minimum absolute atomic E-state index is 0.198. The maximum atomic E-state index is 9.05. The number of piperidine rings is 1. The molecule has 4 heterocycles. The third-order valence-corrected chi connectivity index (χ3v) is 8.19. The molecule has 1 N–H and O–H groups in total. The Balaban J connectivity index is 1.09. The summed E-state index contributed by atoms with van der Waals surface area (Å²) in [6.07, 6.45) is 7.32. The maximum absolute atomic E-state index is 9.05. The molecule has 42 heavy (non-hydrogen) atoms. The number of likely N-dealkylation sites (tertiary alicyclic amines) is 1. The van der Waals surface area contributed by atoms with E-state index in [0.29, 0.717) is 12.6 Å². The van der Waals surface area contributed by atoms with Crippen molar-refractivity contribution in [2.75, 3.05) is 18.4 Å². The lowest BCUT2D eigenvalue weighted by atomic mass is 9.85. The average molecular weight is 551 g/mol. The van der Waals surface area contributed by atoms with Gasteiger partial charge in [-0.2, -0.15) is 5.26 Å². The predicted molar refractivity (Wildman–Crippen MR) is 164 cm³/mol. The Hall–Kier alpha value is -5.06. The Morgan fingerprint density at radius 2 is 1.67 bits per heavy atom. The van der Waals surface area contributed by atoms with E-state index in [2.05, 4.69) is 91.9 Å². The van der Waals surface area contributed by atoms with Gasteiger partial charge >= 0.3 is 0 Å². The minimum atomic E-state index is 0.198. The molecule has 0 spiro atoms. The van der Waals surface area contributed by atoms with Crippen molar-refractivity contribution < 1.29 is 4.74 Å². The van der Waals surface area contributed by atoms with E-state index in [1.807, 2.05) is 24.4 Å². The first kappa shape index (κ1) is 25.9. The Morgan fingerprint density at radius 3 is 2.48 bits per heavy atom. The van der Waals surface area contributed by atoms with Gasteiger partial charge < -0.3 is 10.1 Å². The van der Waals surface area contributed by atoms with Gasteiger partial charge in [0.25, 0.3) is 0 Å². The SMILES string of the molecule is N#Cc1nccc(NC2CCN(Cc3ccc(-c4ccc5c(c4-c4ccccc4)COc4cnccc4-5)cc3)CC2)n1. The lowest BCUT2D eigenvalue weighted by Crippen LogP contribution is -2.38. The number of nitriles is 1. The van der Waals surface area contributed by atoms with E-state index in [9.17, 15) is 0 Å². The van der Waals surface area contributed by atoms with E-state index in [0.717, 1.165) is 49.6 Å². The summed E-state index contributed by atoms with van der Waals surface area (Å²) in [4.78, 5) is 15.0. The van der Waals surface area contributed by atoms with E-state index in [1.165, 1.54) is 38.9 Å². The fourth-order valence-electron chi connectivity index (χ4n) is 6.08. The monoisotopic (exact) mass is 550 g/mol. The van der Waals surface area contributed by atoms with Crippen molar-refractivity contribution in [1.29, 1.82) is 5.26 Å². The number of benzene rings is 3. The van der Waals surface area contributed by atoms with Crippen molar-refractivity contribution in [3.05, 3.63) is 114 Å². The highest BCUT2D eigenvalue weighted by Gasteiger charge is 2.24. The lowest BCUT2D eigenvalue weighted by molar-refractivity contribution is 0.211. The molecule has 7 heteroatoms. The quantitative estimate of drug-likeness (QED) is 0.251. The number of rotatable bonds is 6. The molecule has 0 amide bonds. The molecular formula is C35H30N6O. The summed E-state index contributed by atoms with van der Waals surface area (Å²) >= 11 is 0. The molecule has 5 aromatic rings. The van der Waals surface area contributed by atoms with Gasteiger partial charge in [-0.3, -0.25) is 9.88 Å². The first-order chi connectivity index (χ1) is 20.7. The summed E-state index contributed by atoms with van der Waals surface area (Å²) in [6.45, 7) is 3.46. The number of hydrogen-bond acceptors (Lipinski definition) is 7. The van der Waals surface area contributed by atoms with Gasteiger partial charge in [-0.05, 0) is 58.4 Å². The molecule has 0 atom stereocenters. The molecule has 0 bridgehead atoms. The van der Waals surface area contributed by atoms with Gasteiger partial charge in [-0.15, -0.1) is 0 Å². The molecule has 0 saturated carbocycles. The fourth-order valence-corrected chi connectivity index (χ4v) is 6.08. The van der Waals surface area contributed by atoms with Gasteiger partial charge in [-0.25, -0.2) is 9.97 Å². The van der Waals surface area contributed by atoms with Crippen LogP contribution >= 0.6 is 0 Å². The standard InChI is InChI=1S/C35H30N6O/c36-20-34-38-17-13-33(40-34)39-27-14-18-41(19-15-27)22-24-6-8-25(9-7-24)28-10-11-29-30-12-16-37-21-32(30)42-23-31(29)35(28)26-4-2-1-3-5-26/h1-13,16-17,21,27H,14-15,18-19,22-23H2,(H,38,39,40). The smallest absolute Gasteiger partial charge is 0.234 e. The van der Waals surface area contributed by atoms with E-state index < -0.39 is 0 Å². The largest absolute Gasteiger partial charge is 0.487 e. The number of hydrogen-bond donors (Lipinski definition) is 1. The molecular weight excluding hydrogens is 520 g/mol. The van der Waals surface area contributed by atoms with Crippen LogP contribution in [0.25, 0.3) is 33.4 Å². The van der Waals surface area contributed by atoms with Crippen molar-refractivity contribution in [1.82, 2.24) is 19.9 Å². The average Bonchev–Trinajstić information content (AvgIpc) is 3.06. The van der Waals surface area contributed by atoms with Gasteiger partial charge in [0.2, 0.25) is 5.82 Å². The number of anilines is 1. The lowest BCUT2D eigenvalue weighted by Gasteiger charge is -2.32. The van der Waals surface area contributed by atoms with Crippen LogP contribution in [0.2, 0.25) is 0 Å². The summed E-state index contributed by atoms with van der Waals surface area (Å²) in [6, 6.07) is 30.3. The van der Waals surface area contributed by atoms with Crippen molar-refractivity contribution in [3.63, 3.8) is 0 Å². The first-order valence-corrected chi connectivity index (χ1v) is 14.3. The Kier molecular flexibility index (Phi) is 7.05. The van der Waals surface area contributed by atoms with Crippen LogP contribution in [-0.4, -0.2) is 39.0 Å². The zero-order chi connectivity index (χ0) is 28.3. The van der Waals surface area contributed by atoms with E-state index in [4.69, 9.17) is 10.00 Å². The van der Waals surface area contributed by atoms with Crippen LogP contribution in [0.3, 0.4) is 0 Å². The summed E-state index contributed by atoms with van der Waals surface area (Å²) in [7, 11) is 0. The number of aromatic nitrogens is 3. The summed E-state index contributed by atoms with van der Waals surface area (Å²) < 4.78 is 6.17. The zero-order valence-corrected chi connectivity index (χ0v) is 23.2. The Bertz CT molecular complexity index is 1760. The number of pyridine rings is 1. The van der Waals surface area contributed by atoms with Crippen LogP contribution in [0.1, 0.15) is 29.8 Å². The minimum Gasteiger partial charge on any atom is -0.487 e. The summed E-state index contributed by atoms with van der Waals surface area (Å²) in [5.74, 6) is 1.76. The van der Waals surface area contributed by atoms with Gasteiger partial charge in [-0.1, -0.05) is 66.7 Å². The first-order valence-electron chi connectivity index (χ1n) is 14.3. The normalized spacial score (nSPS) is 14.7. The fraction of sp³-hybridized carbons (Fsp3) is 0.200. The third-order valence-electron chi connectivity index (χ3n) is 8.19. The molecule has 3 aromatic carbocycles. The molecule has 2 aliphatic rings. The Labute approximate surface area is 245 Å². The number of nitrogens with zero attached hydrogens (tertiary/aromatic N) is 5. The zero-order valence-electron chi connectivity index (χ0n) is 23.2. The van der Waals surface area contributed by atoms with Crippen LogP contribution < -0.4 is 10.1 Å². The van der Waals surface area contributed by atoms with Gasteiger partial charge in [0.05, 0.1) is 6.20 Å². The molecule has 1 saturated heterocycles. The predicted octanol–water partition coefficient (Wildman–Crippen LogP) is 6.71. The molecule has 206 valence electrons. The second kappa shape index (κ2) is 11.4. The molecule has 7 nitrogen and oxygen atoms in total. The molecule has 0 aliphatic carbocycles. The maximum Gasteiger partial charge on any atom is 0.234 e. The second-order valence-corrected chi connectivity index (χ2v) is 10.8. The van der Waals surface area contributed by atoms with Crippen LogP contribution in [0, 0.1) is 11.3 Å². The second-order valence-electron chi connectivity index (χ2n) is 10.8. The highest BCUT2D eigenvalue weighted by Crippen LogP contribution is 2.45. The summed E-state index contributed by atoms with van der Waals surface area (Å²) in [5, 5.41) is 12.5. The molecule has 7 rings (SSSR count). The van der Waals surface area contributed by atoms with Crippen LogP contribution in [0.15, 0.2) is 97.5 Å². The molecule has 2 aliphatic heterocycles. The molecule has 0 radical (unpaired) electrons. The van der Waals surface area contributed by atoms with Crippen molar-refractivity contribution >= 4 is 5.82 Å². The molecule has 2 aromatic heterocycles. The van der Waals surface area contributed by atoms with Gasteiger partial charge in [0.15, 0.2) is 0 Å². The summed E-state index contributed by atoms with van der Waals surface area (Å²) in [5.41, 5.74) is 9.65. The van der Waals surface area contributed by atoms with E-state index in [-0.39, 0.29) is 5.82 Å². The third kappa shape index (κ3) is 5.20. The van der Waals surface area contributed by atoms with Crippen molar-refractivity contribution in [3.8, 4) is 45.2 Å². The van der Waals surface area contributed by atoms with Crippen LogP contribution in [0.5, 0.6) is 5.75 Å². The number of ether oxygens (including phenoxy) is 1. The highest BCUT2D eigenvalue weighted by molar-refractivity contribution is 5.92. The highest BCUT2D eigenvalue weighted by atomic mass is 16.5. The number of fused-ring (bicyclic) bond motifs is 3. The van der Waals surface area contributed by atoms with E-state index >= 15 is 0 Å². The van der Waals surface area contributed by atoms with Crippen LogP contribution in [-0.2, 0) is 13.2 Å². The molecule has 1 fully saturated rings. The van der Waals surface area contributed by atoms with Crippen molar-refractivity contribution in [2.45, 2.75) is 32.0 Å². The number of nitrogens with one attached hydrogen (secondary N) is 1. The topological polar surface area (TPSA) is 87.0 Å². The van der Waals surface area contributed by atoms with E-state index in [1.54, 1.807) is 12.4 Å². The molecule has 0 unspecified atom stereocenters. The van der Waals surface area contributed by atoms with Gasteiger partial charge in [0, 0.05) is 49.2 Å². The van der Waals surface area contributed by atoms with Crippen LogP contribution in [0.4, 0.5) is 5.82 Å². The van der Waals surface area contributed by atoms with Gasteiger partial charge in [0.1, 0.15) is 24.2 Å².